The predicted octanol–water partition coefficient (Wildman–Crippen LogP) is 2.17. The topological polar surface area (TPSA) is 102 Å². The lowest BCUT2D eigenvalue weighted by molar-refractivity contribution is -0.130. The molecule has 0 unspecified atom stereocenters. The Hall–Kier alpha value is -3.00. The van der Waals surface area contributed by atoms with Crippen LogP contribution in [0.15, 0.2) is 41.8 Å². The van der Waals surface area contributed by atoms with Crippen LogP contribution < -0.4 is 10.6 Å². The fraction of sp³-hybridized carbons (Fsp3) is 0.300. The van der Waals surface area contributed by atoms with Crippen molar-refractivity contribution in [2.24, 2.45) is 0 Å². The molecule has 7 nitrogen and oxygen atoms in total. The Balaban J connectivity index is 1.96. The number of esters is 1. The molecule has 148 valence electrons. The summed E-state index contributed by atoms with van der Waals surface area (Å²) >= 11 is 1.28. The fourth-order valence-corrected chi connectivity index (χ4v) is 3.04. The van der Waals surface area contributed by atoms with Crippen LogP contribution in [-0.4, -0.2) is 42.8 Å². The third-order valence-electron chi connectivity index (χ3n) is 3.79. The van der Waals surface area contributed by atoms with Crippen molar-refractivity contribution in [2.75, 3.05) is 13.2 Å². The highest BCUT2D eigenvalue weighted by Crippen LogP contribution is 2.19. The Morgan fingerprint density at radius 3 is 2.43 bits per heavy atom. The molecular formula is C20H22N2O5S. The van der Waals surface area contributed by atoms with Crippen molar-refractivity contribution in [1.29, 1.82) is 0 Å². The molecule has 0 saturated heterocycles. The molecule has 8 heteroatoms. The Morgan fingerprint density at radius 2 is 1.79 bits per heavy atom. The Labute approximate surface area is 167 Å². The van der Waals surface area contributed by atoms with Gasteiger partial charge in [-0.1, -0.05) is 31.2 Å². The summed E-state index contributed by atoms with van der Waals surface area (Å²) in [4.78, 5) is 49.1. The van der Waals surface area contributed by atoms with Crippen LogP contribution in [-0.2, 0) is 14.3 Å². The number of hydrogen-bond acceptors (Lipinski definition) is 6. The average molecular weight is 402 g/mol. The van der Waals surface area contributed by atoms with Crippen molar-refractivity contribution >= 4 is 34.9 Å². The van der Waals surface area contributed by atoms with Crippen molar-refractivity contribution in [3.8, 4) is 0 Å². The smallest absolute Gasteiger partial charge is 0.339 e. The van der Waals surface area contributed by atoms with E-state index in [1.165, 1.54) is 17.4 Å². The van der Waals surface area contributed by atoms with E-state index in [0.717, 1.165) is 6.42 Å². The standard InChI is InChI=1S/C20H22N2O5S/c1-3-10-21-19(25)13(2)22-17(23)12-27-20(26)15-8-5-4-7-14(15)18(24)16-9-6-11-28-16/h4-9,11,13H,3,10,12H2,1-2H3,(H,21,25)(H,22,23)/t13-/m1/s1. The van der Waals surface area contributed by atoms with Gasteiger partial charge in [-0.3, -0.25) is 14.4 Å². The lowest BCUT2D eigenvalue weighted by Gasteiger charge is -2.14. The first-order valence-corrected chi connectivity index (χ1v) is 9.73. The van der Waals surface area contributed by atoms with Gasteiger partial charge in [-0.05, 0) is 30.9 Å². The van der Waals surface area contributed by atoms with Gasteiger partial charge in [0.1, 0.15) is 6.04 Å². The summed E-state index contributed by atoms with van der Waals surface area (Å²) in [5, 5.41) is 6.90. The van der Waals surface area contributed by atoms with Crippen molar-refractivity contribution in [2.45, 2.75) is 26.3 Å². The van der Waals surface area contributed by atoms with Gasteiger partial charge in [-0.25, -0.2) is 4.79 Å². The summed E-state index contributed by atoms with van der Waals surface area (Å²) in [6.07, 6.45) is 0.785. The minimum absolute atomic E-state index is 0.0856. The Bertz CT molecular complexity index is 848. The van der Waals surface area contributed by atoms with E-state index >= 15 is 0 Å². The molecule has 2 amide bonds. The van der Waals surface area contributed by atoms with E-state index in [1.54, 1.807) is 42.6 Å². The SMILES string of the molecule is CCCNC(=O)[C@@H](C)NC(=O)COC(=O)c1ccccc1C(=O)c1cccs1. The minimum atomic E-state index is -0.779. The molecule has 2 aromatic rings. The molecule has 0 fully saturated rings. The summed E-state index contributed by atoms with van der Waals surface area (Å²) in [5.74, 6) is -1.98. The number of hydrogen-bond donors (Lipinski definition) is 2. The van der Waals surface area contributed by atoms with Crippen molar-refractivity contribution in [3.63, 3.8) is 0 Å². The first-order chi connectivity index (χ1) is 13.4. The summed E-state index contributed by atoms with van der Waals surface area (Å²) in [6, 6.07) is 8.96. The highest BCUT2D eigenvalue weighted by molar-refractivity contribution is 7.12. The maximum Gasteiger partial charge on any atom is 0.339 e. The van der Waals surface area contributed by atoms with Gasteiger partial charge in [-0.15, -0.1) is 11.3 Å². The molecule has 1 aromatic heterocycles. The van der Waals surface area contributed by atoms with Gasteiger partial charge >= 0.3 is 5.97 Å². The normalized spacial score (nSPS) is 11.4. The largest absolute Gasteiger partial charge is 0.452 e. The molecule has 0 aliphatic rings. The van der Waals surface area contributed by atoms with Gasteiger partial charge < -0.3 is 15.4 Å². The zero-order chi connectivity index (χ0) is 20.5. The van der Waals surface area contributed by atoms with Crippen molar-refractivity contribution in [1.82, 2.24) is 10.6 Å². The molecule has 0 bridgehead atoms. The number of benzene rings is 1. The number of carbonyl (C=O) groups excluding carboxylic acids is 4. The molecule has 0 aliphatic heterocycles. The highest BCUT2D eigenvalue weighted by atomic mass is 32.1. The van der Waals surface area contributed by atoms with Crippen LogP contribution in [0.25, 0.3) is 0 Å². The molecule has 1 atom stereocenters. The van der Waals surface area contributed by atoms with Gasteiger partial charge in [-0.2, -0.15) is 0 Å². The zero-order valence-electron chi connectivity index (χ0n) is 15.7. The first-order valence-electron chi connectivity index (χ1n) is 8.85. The van der Waals surface area contributed by atoms with E-state index in [1.807, 2.05) is 6.92 Å². The molecule has 2 N–H and O–H groups in total. The predicted molar refractivity (Wildman–Crippen MR) is 105 cm³/mol. The summed E-state index contributed by atoms with van der Waals surface area (Å²) < 4.78 is 5.03. The van der Waals surface area contributed by atoms with Crippen molar-refractivity contribution in [3.05, 3.63) is 57.8 Å². The molecule has 0 aliphatic carbocycles. The molecule has 0 radical (unpaired) electrons. The van der Waals surface area contributed by atoms with Crippen LogP contribution in [0.1, 0.15) is 45.9 Å². The Morgan fingerprint density at radius 1 is 1.07 bits per heavy atom. The summed E-state index contributed by atoms with van der Waals surface area (Å²) in [7, 11) is 0. The van der Waals surface area contributed by atoms with E-state index in [9.17, 15) is 19.2 Å². The second-order valence-corrected chi connectivity index (χ2v) is 6.96. The number of nitrogens with one attached hydrogen (secondary N) is 2. The summed E-state index contributed by atoms with van der Waals surface area (Å²) in [6.45, 7) is 3.43. The van der Waals surface area contributed by atoms with Crippen LogP contribution in [0.4, 0.5) is 0 Å². The molecule has 28 heavy (non-hydrogen) atoms. The molecule has 1 aromatic carbocycles. The van der Waals surface area contributed by atoms with Crippen LogP contribution in [0, 0.1) is 0 Å². The third-order valence-corrected chi connectivity index (χ3v) is 4.66. The second-order valence-electron chi connectivity index (χ2n) is 6.01. The van der Waals surface area contributed by atoms with Crippen LogP contribution in [0.3, 0.4) is 0 Å². The van der Waals surface area contributed by atoms with E-state index in [4.69, 9.17) is 4.74 Å². The summed E-state index contributed by atoms with van der Waals surface area (Å²) in [5.41, 5.74) is 0.296. The van der Waals surface area contributed by atoms with Crippen LogP contribution in [0.5, 0.6) is 0 Å². The van der Waals surface area contributed by atoms with Gasteiger partial charge in [0.2, 0.25) is 11.7 Å². The average Bonchev–Trinajstić information content (AvgIpc) is 3.24. The number of carbonyl (C=O) groups is 4. The van der Waals surface area contributed by atoms with Crippen LogP contribution >= 0.6 is 11.3 Å². The monoisotopic (exact) mass is 402 g/mol. The number of ether oxygens (including phenoxy) is 1. The molecular weight excluding hydrogens is 380 g/mol. The number of rotatable bonds is 9. The van der Waals surface area contributed by atoms with Crippen molar-refractivity contribution < 1.29 is 23.9 Å². The van der Waals surface area contributed by atoms with E-state index in [2.05, 4.69) is 10.6 Å². The lowest BCUT2D eigenvalue weighted by Crippen LogP contribution is -2.46. The minimum Gasteiger partial charge on any atom is -0.452 e. The van der Waals surface area contributed by atoms with E-state index in [-0.39, 0.29) is 22.8 Å². The van der Waals surface area contributed by atoms with Crippen LogP contribution in [0.2, 0.25) is 0 Å². The molecule has 0 spiro atoms. The number of amides is 2. The fourth-order valence-electron chi connectivity index (χ4n) is 2.36. The van der Waals surface area contributed by atoms with Gasteiger partial charge in [0, 0.05) is 12.1 Å². The number of ketones is 1. The third kappa shape index (κ3) is 5.75. The molecule has 0 saturated carbocycles. The maximum absolute atomic E-state index is 12.6. The van der Waals surface area contributed by atoms with Gasteiger partial charge in [0.05, 0.1) is 10.4 Å². The van der Waals surface area contributed by atoms with E-state index in [0.29, 0.717) is 11.4 Å². The maximum atomic E-state index is 12.6. The lowest BCUT2D eigenvalue weighted by atomic mass is 10.0. The zero-order valence-corrected chi connectivity index (χ0v) is 16.5. The van der Waals surface area contributed by atoms with Gasteiger partial charge in [0.25, 0.3) is 5.91 Å². The second kappa shape index (κ2) is 10.4. The highest BCUT2D eigenvalue weighted by Gasteiger charge is 2.21. The Kier molecular flexibility index (Phi) is 7.88. The van der Waals surface area contributed by atoms with Gasteiger partial charge in [0.15, 0.2) is 6.61 Å². The molecule has 1 heterocycles. The van der Waals surface area contributed by atoms with E-state index < -0.39 is 24.5 Å². The first kappa shape index (κ1) is 21.3. The molecule has 2 rings (SSSR count). The quantitative estimate of drug-likeness (QED) is 0.494. The number of thiophene rings is 1.